The van der Waals surface area contributed by atoms with Crippen LogP contribution in [0.15, 0.2) is 12.4 Å². The average molecular weight is 224 g/mol. The first-order valence-electron chi connectivity index (χ1n) is 6.13. The number of aliphatic hydroxyl groups excluding tert-OH is 1. The molecule has 0 fully saturated rings. The van der Waals surface area contributed by atoms with Gasteiger partial charge in [-0.05, 0) is 24.7 Å². The summed E-state index contributed by atoms with van der Waals surface area (Å²) < 4.78 is 1.90. The number of rotatable bonds is 5. The summed E-state index contributed by atoms with van der Waals surface area (Å²) in [4.78, 5) is 0. The summed E-state index contributed by atoms with van der Waals surface area (Å²) in [7, 11) is 0. The maximum atomic E-state index is 10.0. The number of hydrogen-bond acceptors (Lipinski definition) is 2. The highest BCUT2D eigenvalue weighted by molar-refractivity contribution is 5.07. The zero-order chi connectivity index (χ0) is 12.2. The van der Waals surface area contributed by atoms with Gasteiger partial charge in [0.25, 0.3) is 0 Å². The first-order chi connectivity index (χ1) is 7.42. The Bertz CT molecular complexity index is 312. The van der Waals surface area contributed by atoms with Gasteiger partial charge in [0, 0.05) is 18.3 Å². The fourth-order valence-electron chi connectivity index (χ4n) is 1.64. The van der Waals surface area contributed by atoms with Crippen LogP contribution in [0, 0.1) is 5.41 Å². The smallest absolute Gasteiger partial charge is 0.0820 e. The van der Waals surface area contributed by atoms with Gasteiger partial charge in [-0.3, -0.25) is 4.68 Å². The molecular weight excluding hydrogens is 200 g/mol. The van der Waals surface area contributed by atoms with Crippen LogP contribution in [-0.2, 0) is 6.54 Å². The molecule has 0 amide bonds. The SMILES string of the molecule is CCCn1cc(C(O)CCC(C)(C)C)cn1. The zero-order valence-corrected chi connectivity index (χ0v) is 10.9. The minimum absolute atomic E-state index is 0.278. The van der Waals surface area contributed by atoms with Crippen LogP contribution in [0.1, 0.15) is 58.6 Å². The second kappa shape index (κ2) is 5.48. The van der Waals surface area contributed by atoms with E-state index in [9.17, 15) is 5.11 Å². The largest absolute Gasteiger partial charge is 0.388 e. The fraction of sp³-hybridized carbons (Fsp3) is 0.769. The lowest BCUT2D eigenvalue weighted by molar-refractivity contribution is 0.147. The van der Waals surface area contributed by atoms with Gasteiger partial charge in [-0.15, -0.1) is 0 Å². The van der Waals surface area contributed by atoms with Crippen molar-refractivity contribution >= 4 is 0 Å². The highest BCUT2D eigenvalue weighted by Gasteiger charge is 2.15. The Morgan fingerprint density at radius 2 is 2.12 bits per heavy atom. The number of hydrogen-bond donors (Lipinski definition) is 1. The van der Waals surface area contributed by atoms with Crippen LogP contribution in [0.5, 0.6) is 0 Å². The molecule has 1 heterocycles. The van der Waals surface area contributed by atoms with Crippen LogP contribution in [-0.4, -0.2) is 14.9 Å². The second-order valence-electron chi connectivity index (χ2n) is 5.65. The molecule has 0 aromatic carbocycles. The molecule has 1 rings (SSSR count). The number of aliphatic hydroxyl groups is 1. The molecule has 0 radical (unpaired) electrons. The van der Waals surface area contributed by atoms with Gasteiger partial charge in [-0.1, -0.05) is 27.7 Å². The molecule has 1 aromatic heterocycles. The molecule has 0 aliphatic carbocycles. The summed E-state index contributed by atoms with van der Waals surface area (Å²) in [6, 6.07) is 0. The maximum absolute atomic E-state index is 10.0. The fourth-order valence-corrected chi connectivity index (χ4v) is 1.64. The molecule has 1 atom stereocenters. The van der Waals surface area contributed by atoms with Crippen molar-refractivity contribution in [1.29, 1.82) is 0 Å². The summed E-state index contributed by atoms with van der Waals surface area (Å²) in [5, 5.41) is 14.2. The predicted molar refractivity (Wildman–Crippen MR) is 66.2 cm³/mol. The van der Waals surface area contributed by atoms with Crippen molar-refractivity contribution in [3.63, 3.8) is 0 Å². The van der Waals surface area contributed by atoms with Crippen molar-refractivity contribution in [1.82, 2.24) is 9.78 Å². The third-order valence-electron chi connectivity index (χ3n) is 2.66. The van der Waals surface area contributed by atoms with Crippen LogP contribution < -0.4 is 0 Å². The van der Waals surface area contributed by atoms with E-state index in [2.05, 4.69) is 32.8 Å². The maximum Gasteiger partial charge on any atom is 0.0820 e. The van der Waals surface area contributed by atoms with Crippen LogP contribution in [0.25, 0.3) is 0 Å². The van der Waals surface area contributed by atoms with Crippen molar-refractivity contribution in [3.05, 3.63) is 18.0 Å². The lowest BCUT2D eigenvalue weighted by Gasteiger charge is -2.19. The van der Waals surface area contributed by atoms with Crippen LogP contribution in [0.2, 0.25) is 0 Å². The van der Waals surface area contributed by atoms with Gasteiger partial charge in [0.1, 0.15) is 0 Å². The highest BCUT2D eigenvalue weighted by atomic mass is 16.3. The molecule has 16 heavy (non-hydrogen) atoms. The van der Waals surface area contributed by atoms with Crippen molar-refractivity contribution < 1.29 is 5.11 Å². The highest BCUT2D eigenvalue weighted by Crippen LogP contribution is 2.26. The van der Waals surface area contributed by atoms with E-state index < -0.39 is 0 Å². The van der Waals surface area contributed by atoms with E-state index in [0.717, 1.165) is 31.4 Å². The molecule has 1 aromatic rings. The van der Waals surface area contributed by atoms with Crippen LogP contribution in [0.3, 0.4) is 0 Å². The quantitative estimate of drug-likeness (QED) is 0.834. The van der Waals surface area contributed by atoms with Crippen LogP contribution in [0.4, 0.5) is 0 Å². The molecule has 3 heteroatoms. The Balaban J connectivity index is 2.49. The van der Waals surface area contributed by atoms with Gasteiger partial charge >= 0.3 is 0 Å². The van der Waals surface area contributed by atoms with Gasteiger partial charge < -0.3 is 5.11 Å². The summed E-state index contributed by atoms with van der Waals surface area (Å²) in [6.45, 7) is 9.63. The standard InChI is InChI=1S/C13H24N2O/c1-5-8-15-10-11(9-14-15)12(16)6-7-13(2,3)4/h9-10,12,16H,5-8H2,1-4H3. The average Bonchev–Trinajstić information content (AvgIpc) is 2.62. The lowest BCUT2D eigenvalue weighted by Crippen LogP contribution is -2.08. The van der Waals surface area contributed by atoms with E-state index in [1.165, 1.54) is 0 Å². The second-order valence-corrected chi connectivity index (χ2v) is 5.65. The van der Waals surface area contributed by atoms with E-state index in [-0.39, 0.29) is 11.5 Å². The Labute approximate surface area is 98.5 Å². The van der Waals surface area contributed by atoms with Crippen LogP contribution >= 0.6 is 0 Å². The van der Waals surface area contributed by atoms with Crippen molar-refractivity contribution in [3.8, 4) is 0 Å². The monoisotopic (exact) mass is 224 g/mol. The first kappa shape index (κ1) is 13.2. The van der Waals surface area contributed by atoms with Gasteiger partial charge in [0.15, 0.2) is 0 Å². The van der Waals surface area contributed by atoms with E-state index >= 15 is 0 Å². The molecule has 1 unspecified atom stereocenters. The first-order valence-corrected chi connectivity index (χ1v) is 6.13. The molecule has 0 aliphatic heterocycles. The van der Waals surface area contributed by atoms with E-state index in [1.807, 2.05) is 10.9 Å². The number of nitrogens with zero attached hydrogens (tertiary/aromatic N) is 2. The molecule has 0 saturated heterocycles. The van der Waals surface area contributed by atoms with Crippen molar-refractivity contribution in [2.75, 3.05) is 0 Å². The van der Waals surface area contributed by atoms with E-state index in [1.54, 1.807) is 6.20 Å². The summed E-state index contributed by atoms with van der Waals surface area (Å²) >= 11 is 0. The molecule has 0 saturated carbocycles. The van der Waals surface area contributed by atoms with E-state index in [4.69, 9.17) is 0 Å². The minimum Gasteiger partial charge on any atom is -0.388 e. The van der Waals surface area contributed by atoms with Gasteiger partial charge in [0.05, 0.1) is 12.3 Å². The third-order valence-corrected chi connectivity index (χ3v) is 2.66. The summed E-state index contributed by atoms with van der Waals surface area (Å²) in [5.74, 6) is 0. The summed E-state index contributed by atoms with van der Waals surface area (Å²) in [5.41, 5.74) is 1.22. The zero-order valence-electron chi connectivity index (χ0n) is 10.9. The Morgan fingerprint density at radius 3 is 2.69 bits per heavy atom. The molecule has 0 aliphatic rings. The Kier molecular flexibility index (Phi) is 4.54. The van der Waals surface area contributed by atoms with Gasteiger partial charge in [-0.25, -0.2) is 0 Å². The Morgan fingerprint density at radius 1 is 1.44 bits per heavy atom. The Hall–Kier alpha value is -0.830. The minimum atomic E-state index is -0.371. The van der Waals surface area contributed by atoms with Crippen molar-refractivity contribution in [2.24, 2.45) is 5.41 Å². The topological polar surface area (TPSA) is 38.0 Å². The molecule has 3 nitrogen and oxygen atoms in total. The van der Waals surface area contributed by atoms with E-state index in [0.29, 0.717) is 0 Å². The normalized spacial score (nSPS) is 14.1. The molecule has 0 bridgehead atoms. The van der Waals surface area contributed by atoms with Crippen molar-refractivity contribution in [2.45, 2.75) is 59.6 Å². The molecule has 0 spiro atoms. The van der Waals surface area contributed by atoms with Gasteiger partial charge in [-0.2, -0.15) is 5.10 Å². The number of aryl methyl sites for hydroxylation is 1. The summed E-state index contributed by atoms with van der Waals surface area (Å²) in [6.07, 6.45) is 6.26. The molecular formula is C13H24N2O. The van der Waals surface area contributed by atoms with Gasteiger partial charge in [0.2, 0.25) is 0 Å². The number of aromatic nitrogens is 2. The third kappa shape index (κ3) is 4.35. The lowest BCUT2D eigenvalue weighted by atomic mass is 9.88. The predicted octanol–water partition coefficient (Wildman–Crippen LogP) is 3.15. The molecule has 92 valence electrons. The molecule has 1 N–H and O–H groups in total.